The van der Waals surface area contributed by atoms with Gasteiger partial charge in [-0.1, -0.05) is 17.7 Å². The molecule has 1 fully saturated rings. The SMILES string of the molecule is COc1ccc2c(c1)c(-c1cc(C(=O)CCCN3CCOCC3)nn1C)cn2S(=O)(=O)c1ccc(C)cc1. The highest BCUT2D eigenvalue weighted by atomic mass is 32.2. The Morgan fingerprint density at radius 3 is 2.53 bits per heavy atom. The summed E-state index contributed by atoms with van der Waals surface area (Å²) in [6.45, 7) is 6.00. The summed E-state index contributed by atoms with van der Waals surface area (Å²) in [6.07, 6.45) is 2.74. The fraction of sp³-hybridized carbons (Fsp3) is 0.357. The van der Waals surface area contributed by atoms with Crippen molar-refractivity contribution in [3.05, 3.63) is 66.0 Å². The highest BCUT2D eigenvalue weighted by Crippen LogP contribution is 2.35. The highest BCUT2D eigenvalue weighted by molar-refractivity contribution is 7.90. The number of carbonyl (C=O) groups excluding carboxylic acids is 1. The Balaban J connectivity index is 1.49. The zero-order valence-corrected chi connectivity index (χ0v) is 22.7. The van der Waals surface area contributed by atoms with Gasteiger partial charge in [-0.05, 0) is 56.3 Å². The number of morpholine rings is 1. The number of hydrogen-bond acceptors (Lipinski definition) is 7. The molecule has 5 rings (SSSR count). The summed E-state index contributed by atoms with van der Waals surface area (Å²) in [5.41, 5.74) is 3.16. The third-order valence-corrected chi connectivity index (χ3v) is 8.67. The van der Waals surface area contributed by atoms with Gasteiger partial charge in [0, 0.05) is 43.7 Å². The van der Waals surface area contributed by atoms with Crippen LogP contribution in [-0.2, 0) is 21.8 Å². The third kappa shape index (κ3) is 5.11. The molecule has 2 aromatic carbocycles. The molecule has 2 aromatic heterocycles. The first kappa shape index (κ1) is 26.1. The molecule has 0 radical (unpaired) electrons. The minimum absolute atomic E-state index is 0.0336. The molecule has 10 heteroatoms. The van der Waals surface area contributed by atoms with Crippen LogP contribution in [0.5, 0.6) is 5.75 Å². The topological polar surface area (TPSA) is 95.7 Å². The lowest BCUT2D eigenvalue weighted by atomic mass is 10.1. The average Bonchev–Trinajstić information content (AvgIpc) is 3.50. The quantitative estimate of drug-likeness (QED) is 0.300. The number of rotatable bonds is 9. The molecular weight excluding hydrogens is 504 g/mol. The van der Waals surface area contributed by atoms with Gasteiger partial charge in [0.2, 0.25) is 0 Å². The molecule has 0 atom stereocenters. The zero-order valence-electron chi connectivity index (χ0n) is 21.9. The van der Waals surface area contributed by atoms with Crippen molar-refractivity contribution in [1.82, 2.24) is 18.7 Å². The van der Waals surface area contributed by atoms with Gasteiger partial charge in [-0.3, -0.25) is 14.4 Å². The first-order valence-corrected chi connectivity index (χ1v) is 14.1. The highest BCUT2D eigenvalue weighted by Gasteiger charge is 2.24. The maximum Gasteiger partial charge on any atom is 0.268 e. The minimum Gasteiger partial charge on any atom is -0.497 e. The monoisotopic (exact) mass is 536 g/mol. The molecule has 1 aliphatic rings. The van der Waals surface area contributed by atoms with E-state index in [2.05, 4.69) is 10.00 Å². The molecule has 0 amide bonds. The lowest BCUT2D eigenvalue weighted by Gasteiger charge is -2.26. The van der Waals surface area contributed by atoms with E-state index < -0.39 is 10.0 Å². The number of ketones is 1. The van der Waals surface area contributed by atoms with Crippen LogP contribution < -0.4 is 4.74 Å². The molecule has 9 nitrogen and oxygen atoms in total. The van der Waals surface area contributed by atoms with Crippen LogP contribution in [0.3, 0.4) is 0 Å². The van der Waals surface area contributed by atoms with Crippen LogP contribution in [0, 0.1) is 6.92 Å². The van der Waals surface area contributed by atoms with Gasteiger partial charge in [-0.2, -0.15) is 5.10 Å². The average molecular weight is 537 g/mol. The van der Waals surface area contributed by atoms with E-state index in [1.54, 1.807) is 67.5 Å². The van der Waals surface area contributed by atoms with Gasteiger partial charge in [-0.25, -0.2) is 12.4 Å². The fourth-order valence-corrected chi connectivity index (χ4v) is 6.17. The van der Waals surface area contributed by atoms with Crippen LogP contribution >= 0.6 is 0 Å². The van der Waals surface area contributed by atoms with Crippen molar-refractivity contribution in [3.63, 3.8) is 0 Å². The number of nitrogens with zero attached hydrogens (tertiary/aromatic N) is 4. The number of carbonyl (C=O) groups is 1. The van der Waals surface area contributed by atoms with Crippen LogP contribution in [0.15, 0.2) is 59.6 Å². The number of Topliss-reactive ketones (excluding diaryl/α,β-unsaturated/α-hetero) is 1. The van der Waals surface area contributed by atoms with Crippen LogP contribution in [0.25, 0.3) is 22.2 Å². The Morgan fingerprint density at radius 2 is 1.82 bits per heavy atom. The number of ether oxygens (including phenoxy) is 2. The summed E-state index contributed by atoms with van der Waals surface area (Å²) in [7, 11) is -0.539. The largest absolute Gasteiger partial charge is 0.497 e. The molecule has 38 heavy (non-hydrogen) atoms. The fourth-order valence-electron chi connectivity index (χ4n) is 4.80. The van der Waals surface area contributed by atoms with E-state index in [0.29, 0.717) is 40.0 Å². The van der Waals surface area contributed by atoms with Crippen molar-refractivity contribution < 1.29 is 22.7 Å². The molecule has 200 valence electrons. The van der Waals surface area contributed by atoms with Gasteiger partial charge in [0.15, 0.2) is 5.78 Å². The van der Waals surface area contributed by atoms with Crippen LogP contribution in [-0.4, -0.2) is 72.8 Å². The Bertz CT molecular complexity index is 1560. The van der Waals surface area contributed by atoms with Gasteiger partial charge in [-0.15, -0.1) is 0 Å². The second-order valence-electron chi connectivity index (χ2n) is 9.56. The van der Waals surface area contributed by atoms with E-state index in [1.807, 2.05) is 13.0 Å². The summed E-state index contributed by atoms with van der Waals surface area (Å²) < 4.78 is 41.0. The van der Waals surface area contributed by atoms with E-state index in [0.717, 1.165) is 44.8 Å². The summed E-state index contributed by atoms with van der Waals surface area (Å²) in [5, 5.41) is 5.17. The van der Waals surface area contributed by atoms with Gasteiger partial charge in [0.25, 0.3) is 10.0 Å². The van der Waals surface area contributed by atoms with Gasteiger partial charge in [0.1, 0.15) is 11.4 Å². The van der Waals surface area contributed by atoms with E-state index in [1.165, 1.54) is 3.97 Å². The van der Waals surface area contributed by atoms with Gasteiger partial charge >= 0.3 is 0 Å². The standard InChI is InChI=1S/C28H32N4O5S/c1-20-6-9-22(10-7-20)38(34,35)32-19-24(23-17-21(36-3)8-11-26(23)32)27-18-25(29-30(27)2)28(33)5-4-12-31-13-15-37-16-14-31/h6-11,17-19H,4-5,12-16H2,1-3H3. The number of aryl methyl sites for hydroxylation is 2. The van der Waals surface area contributed by atoms with Crippen LogP contribution in [0.4, 0.5) is 0 Å². The van der Waals surface area contributed by atoms with Crippen molar-refractivity contribution in [2.75, 3.05) is 40.0 Å². The second-order valence-corrected chi connectivity index (χ2v) is 11.4. The predicted molar refractivity (Wildman–Crippen MR) is 145 cm³/mol. The van der Waals surface area contributed by atoms with Crippen molar-refractivity contribution in [1.29, 1.82) is 0 Å². The molecule has 4 aromatic rings. The molecular formula is C28H32N4O5S. The maximum absolute atomic E-state index is 13.6. The Morgan fingerprint density at radius 1 is 1.08 bits per heavy atom. The molecule has 0 N–H and O–H groups in total. The number of aromatic nitrogens is 3. The number of benzene rings is 2. The van der Waals surface area contributed by atoms with Crippen LogP contribution in [0.1, 0.15) is 28.9 Å². The zero-order chi connectivity index (χ0) is 26.9. The lowest BCUT2D eigenvalue weighted by Crippen LogP contribution is -2.36. The molecule has 1 saturated heterocycles. The normalized spacial score (nSPS) is 14.7. The van der Waals surface area contributed by atoms with Crippen LogP contribution in [0.2, 0.25) is 0 Å². The molecule has 0 aliphatic carbocycles. The van der Waals surface area contributed by atoms with E-state index in [9.17, 15) is 13.2 Å². The van der Waals surface area contributed by atoms with E-state index in [4.69, 9.17) is 9.47 Å². The Labute approximate surface area is 222 Å². The van der Waals surface area contributed by atoms with Gasteiger partial charge in [0.05, 0.1) is 36.4 Å². The molecule has 1 aliphatic heterocycles. The number of fused-ring (bicyclic) bond motifs is 1. The van der Waals surface area contributed by atoms with Crippen molar-refractivity contribution >= 4 is 26.7 Å². The third-order valence-electron chi connectivity index (χ3n) is 6.98. The molecule has 0 unspecified atom stereocenters. The van der Waals surface area contributed by atoms with Crippen molar-refractivity contribution in [3.8, 4) is 17.0 Å². The smallest absolute Gasteiger partial charge is 0.268 e. The Kier molecular flexibility index (Phi) is 7.38. The second kappa shape index (κ2) is 10.7. The first-order valence-electron chi connectivity index (χ1n) is 12.7. The molecule has 0 bridgehead atoms. The predicted octanol–water partition coefficient (Wildman–Crippen LogP) is 3.89. The van der Waals surface area contributed by atoms with Crippen molar-refractivity contribution in [2.24, 2.45) is 7.05 Å². The Hall–Kier alpha value is -3.47. The summed E-state index contributed by atoms with van der Waals surface area (Å²) in [5.74, 6) is 0.569. The molecule has 0 saturated carbocycles. The summed E-state index contributed by atoms with van der Waals surface area (Å²) in [4.78, 5) is 15.5. The number of hydrogen-bond donors (Lipinski definition) is 0. The molecule has 3 heterocycles. The van der Waals surface area contributed by atoms with Gasteiger partial charge < -0.3 is 9.47 Å². The lowest BCUT2D eigenvalue weighted by molar-refractivity contribution is 0.0371. The maximum atomic E-state index is 13.6. The van der Waals surface area contributed by atoms with Crippen molar-refractivity contribution in [2.45, 2.75) is 24.7 Å². The van der Waals surface area contributed by atoms with E-state index in [-0.39, 0.29) is 10.7 Å². The summed E-state index contributed by atoms with van der Waals surface area (Å²) >= 11 is 0. The minimum atomic E-state index is -3.87. The number of methoxy groups -OCH3 is 1. The first-order chi connectivity index (χ1) is 18.3. The molecule has 0 spiro atoms. The van der Waals surface area contributed by atoms with E-state index >= 15 is 0 Å². The summed E-state index contributed by atoms with van der Waals surface area (Å²) in [6, 6.07) is 13.8.